The largest absolute Gasteiger partial charge is 0.494 e. The molecule has 24 heavy (non-hydrogen) atoms. The van der Waals surface area contributed by atoms with Gasteiger partial charge < -0.3 is 21.1 Å². The molecular weight excluding hydrogens is 306 g/mol. The first kappa shape index (κ1) is 18.1. The van der Waals surface area contributed by atoms with Gasteiger partial charge in [0, 0.05) is 0 Å². The Balaban J connectivity index is 2.01. The monoisotopic (exact) mass is 333 g/mol. The Morgan fingerprint density at radius 2 is 1.83 bits per heavy atom. The van der Waals surface area contributed by atoms with Gasteiger partial charge in [-0.3, -0.25) is 4.79 Å². The molecule has 0 bridgehead atoms. The standard InChI is InChI=1S/C18H27N3O3/c1-3-15(13-7-9-14(10-8-13)24-4-2)20-17(23)21-18(16(19)22)11-5-6-12-18/h7-10,15H,3-6,11-12H2,1-2H3,(H2,19,22)(H2,20,21,23). The van der Waals surface area contributed by atoms with Crippen LogP contribution >= 0.6 is 0 Å². The van der Waals surface area contributed by atoms with E-state index in [9.17, 15) is 9.59 Å². The fraction of sp³-hybridized carbons (Fsp3) is 0.556. The van der Waals surface area contributed by atoms with Crippen LogP contribution in [0.2, 0.25) is 0 Å². The summed E-state index contributed by atoms with van der Waals surface area (Å²) < 4.78 is 5.43. The molecule has 1 saturated carbocycles. The Morgan fingerprint density at radius 3 is 2.33 bits per heavy atom. The second kappa shape index (κ2) is 8.04. The van der Waals surface area contributed by atoms with Crippen molar-refractivity contribution in [3.63, 3.8) is 0 Å². The number of carbonyl (C=O) groups is 2. The number of rotatable bonds is 7. The topological polar surface area (TPSA) is 93.4 Å². The van der Waals surface area contributed by atoms with Crippen molar-refractivity contribution in [1.82, 2.24) is 10.6 Å². The predicted octanol–water partition coefficient (Wildman–Crippen LogP) is 2.63. The lowest BCUT2D eigenvalue weighted by Gasteiger charge is -2.28. The van der Waals surface area contributed by atoms with E-state index >= 15 is 0 Å². The van der Waals surface area contributed by atoms with E-state index < -0.39 is 11.4 Å². The molecule has 6 nitrogen and oxygen atoms in total. The molecule has 3 amide bonds. The Labute approximate surface area is 143 Å². The molecule has 0 saturated heterocycles. The molecular formula is C18H27N3O3. The number of benzene rings is 1. The van der Waals surface area contributed by atoms with E-state index in [2.05, 4.69) is 10.6 Å². The Kier molecular flexibility index (Phi) is 6.06. The Bertz CT molecular complexity index is 565. The van der Waals surface area contributed by atoms with Gasteiger partial charge in [0.25, 0.3) is 0 Å². The first-order valence-electron chi connectivity index (χ1n) is 8.62. The summed E-state index contributed by atoms with van der Waals surface area (Å²) in [6, 6.07) is 7.19. The van der Waals surface area contributed by atoms with E-state index in [1.54, 1.807) is 0 Å². The van der Waals surface area contributed by atoms with Crippen LogP contribution in [0.5, 0.6) is 5.75 Å². The van der Waals surface area contributed by atoms with E-state index in [0.717, 1.165) is 30.6 Å². The zero-order chi connectivity index (χ0) is 17.6. The molecule has 0 heterocycles. The van der Waals surface area contributed by atoms with Crippen molar-refractivity contribution in [2.24, 2.45) is 5.73 Å². The molecule has 1 atom stereocenters. The summed E-state index contributed by atoms with van der Waals surface area (Å²) in [6.07, 6.45) is 3.76. The molecule has 1 aromatic carbocycles. The van der Waals surface area contributed by atoms with Crippen LogP contribution in [-0.4, -0.2) is 24.1 Å². The molecule has 0 radical (unpaired) electrons. The average Bonchev–Trinajstić information content (AvgIpc) is 3.03. The van der Waals surface area contributed by atoms with Crippen molar-refractivity contribution in [2.75, 3.05) is 6.61 Å². The SMILES string of the molecule is CCOc1ccc(C(CC)NC(=O)NC2(C(N)=O)CCCC2)cc1. The minimum absolute atomic E-state index is 0.132. The van der Waals surface area contributed by atoms with E-state index in [4.69, 9.17) is 10.5 Å². The molecule has 0 aliphatic heterocycles. The van der Waals surface area contributed by atoms with Gasteiger partial charge in [0.1, 0.15) is 11.3 Å². The van der Waals surface area contributed by atoms with E-state index in [-0.39, 0.29) is 12.1 Å². The van der Waals surface area contributed by atoms with Crippen LogP contribution in [0.3, 0.4) is 0 Å². The zero-order valence-electron chi connectivity index (χ0n) is 14.4. The molecule has 2 rings (SSSR count). The third kappa shape index (κ3) is 4.19. The van der Waals surface area contributed by atoms with Crippen LogP contribution in [-0.2, 0) is 4.79 Å². The van der Waals surface area contributed by atoms with Crippen molar-refractivity contribution in [3.05, 3.63) is 29.8 Å². The summed E-state index contributed by atoms with van der Waals surface area (Å²) in [5, 5.41) is 5.75. The maximum Gasteiger partial charge on any atom is 0.316 e. The fourth-order valence-electron chi connectivity index (χ4n) is 3.21. The van der Waals surface area contributed by atoms with Crippen molar-refractivity contribution >= 4 is 11.9 Å². The van der Waals surface area contributed by atoms with Gasteiger partial charge in [0.2, 0.25) is 5.91 Å². The maximum absolute atomic E-state index is 12.4. The Hall–Kier alpha value is -2.24. The fourth-order valence-corrected chi connectivity index (χ4v) is 3.21. The number of ether oxygens (including phenoxy) is 1. The molecule has 1 fully saturated rings. The number of urea groups is 1. The van der Waals surface area contributed by atoms with Crippen LogP contribution in [0.15, 0.2) is 24.3 Å². The third-order valence-corrected chi connectivity index (χ3v) is 4.59. The molecule has 6 heteroatoms. The lowest BCUT2D eigenvalue weighted by Crippen LogP contribution is -2.58. The van der Waals surface area contributed by atoms with Crippen molar-refractivity contribution in [3.8, 4) is 5.75 Å². The van der Waals surface area contributed by atoms with Gasteiger partial charge in [0.05, 0.1) is 12.6 Å². The molecule has 1 aliphatic rings. The van der Waals surface area contributed by atoms with Gasteiger partial charge in [-0.2, -0.15) is 0 Å². The van der Waals surface area contributed by atoms with E-state index in [1.165, 1.54) is 0 Å². The predicted molar refractivity (Wildman–Crippen MR) is 92.7 cm³/mol. The van der Waals surface area contributed by atoms with Crippen LogP contribution in [0.4, 0.5) is 4.79 Å². The van der Waals surface area contributed by atoms with Crippen LogP contribution in [0.1, 0.15) is 57.6 Å². The molecule has 0 aromatic heterocycles. The lowest BCUT2D eigenvalue weighted by molar-refractivity contribution is -0.123. The normalized spacial score (nSPS) is 17.1. The average molecular weight is 333 g/mol. The van der Waals surface area contributed by atoms with Crippen molar-refractivity contribution in [2.45, 2.75) is 57.5 Å². The highest BCUT2D eigenvalue weighted by Gasteiger charge is 2.41. The van der Waals surface area contributed by atoms with E-state index in [1.807, 2.05) is 38.1 Å². The highest BCUT2D eigenvalue weighted by Crippen LogP contribution is 2.29. The summed E-state index contributed by atoms with van der Waals surface area (Å²) in [7, 11) is 0. The summed E-state index contributed by atoms with van der Waals surface area (Å²) in [4.78, 5) is 24.1. The number of primary amides is 1. The number of hydrogen-bond donors (Lipinski definition) is 3. The smallest absolute Gasteiger partial charge is 0.316 e. The highest BCUT2D eigenvalue weighted by molar-refractivity contribution is 5.90. The van der Waals surface area contributed by atoms with Crippen molar-refractivity contribution in [1.29, 1.82) is 0 Å². The molecule has 0 spiro atoms. The number of carbonyl (C=O) groups excluding carboxylic acids is 2. The second-order valence-electron chi connectivity index (χ2n) is 6.21. The zero-order valence-corrected chi connectivity index (χ0v) is 14.4. The number of amides is 3. The molecule has 1 aromatic rings. The van der Waals surface area contributed by atoms with Crippen molar-refractivity contribution < 1.29 is 14.3 Å². The van der Waals surface area contributed by atoms with Gasteiger partial charge in [-0.05, 0) is 43.9 Å². The van der Waals surface area contributed by atoms with Crippen LogP contribution in [0.25, 0.3) is 0 Å². The van der Waals surface area contributed by atoms with Crippen LogP contribution in [0, 0.1) is 0 Å². The summed E-state index contributed by atoms with van der Waals surface area (Å²) in [6.45, 7) is 4.56. The minimum atomic E-state index is -0.902. The van der Waals surface area contributed by atoms with Gasteiger partial charge >= 0.3 is 6.03 Å². The molecule has 132 valence electrons. The number of hydrogen-bond acceptors (Lipinski definition) is 3. The number of nitrogens with one attached hydrogen (secondary N) is 2. The van der Waals surface area contributed by atoms with Gasteiger partial charge in [-0.15, -0.1) is 0 Å². The van der Waals surface area contributed by atoms with E-state index in [0.29, 0.717) is 19.4 Å². The summed E-state index contributed by atoms with van der Waals surface area (Å²) in [5.74, 6) is 0.350. The lowest BCUT2D eigenvalue weighted by atomic mass is 9.97. The number of nitrogens with two attached hydrogens (primary N) is 1. The van der Waals surface area contributed by atoms with Gasteiger partial charge in [0.15, 0.2) is 0 Å². The Morgan fingerprint density at radius 1 is 1.21 bits per heavy atom. The molecule has 4 N–H and O–H groups in total. The first-order chi connectivity index (χ1) is 11.5. The minimum Gasteiger partial charge on any atom is -0.494 e. The summed E-state index contributed by atoms with van der Waals surface area (Å²) in [5.41, 5.74) is 5.60. The van der Waals surface area contributed by atoms with Gasteiger partial charge in [-0.25, -0.2) is 4.79 Å². The second-order valence-corrected chi connectivity index (χ2v) is 6.21. The molecule has 1 unspecified atom stereocenters. The van der Waals surface area contributed by atoms with Gasteiger partial charge in [-0.1, -0.05) is 31.9 Å². The highest BCUT2D eigenvalue weighted by atomic mass is 16.5. The maximum atomic E-state index is 12.4. The van der Waals surface area contributed by atoms with Crippen LogP contribution < -0.4 is 21.1 Å². The summed E-state index contributed by atoms with van der Waals surface area (Å²) >= 11 is 0. The molecule has 1 aliphatic carbocycles. The first-order valence-corrected chi connectivity index (χ1v) is 8.62. The quantitative estimate of drug-likeness (QED) is 0.716. The third-order valence-electron chi connectivity index (χ3n) is 4.59.